The van der Waals surface area contributed by atoms with Crippen molar-refractivity contribution in [2.45, 2.75) is 61.7 Å². The molecule has 2 aromatic rings. The molecule has 1 saturated carbocycles. The molecule has 2 saturated heterocycles. The lowest BCUT2D eigenvalue weighted by Gasteiger charge is -2.42. The molecule has 9 heteroatoms. The lowest BCUT2D eigenvalue weighted by molar-refractivity contribution is -0.127. The van der Waals surface area contributed by atoms with E-state index in [0.717, 1.165) is 31.2 Å². The number of nitrogens with zero attached hydrogens (tertiary/aromatic N) is 2. The molecule has 7 nitrogen and oxygen atoms in total. The SMILES string of the molecule is CN1Cc2cc(-c3ccc(C[C@@H](C#N)NC(=O)[C@H]4NC5CCC4CC5)c(F)c3)ccc2S1(=O)=O. The molecule has 2 N–H and O–H groups in total. The van der Waals surface area contributed by atoms with Gasteiger partial charge in [-0.25, -0.2) is 12.8 Å². The molecule has 0 unspecified atom stereocenters. The van der Waals surface area contributed by atoms with Crippen molar-refractivity contribution in [2.75, 3.05) is 7.05 Å². The van der Waals surface area contributed by atoms with Crippen molar-refractivity contribution >= 4 is 15.9 Å². The minimum Gasteiger partial charge on any atom is -0.339 e. The summed E-state index contributed by atoms with van der Waals surface area (Å²) in [4.78, 5) is 13.1. The second kappa shape index (κ2) is 8.77. The molecule has 3 heterocycles. The average Bonchev–Trinajstić information content (AvgIpc) is 3.07. The summed E-state index contributed by atoms with van der Waals surface area (Å²) in [6.45, 7) is 0.285. The van der Waals surface area contributed by atoms with Gasteiger partial charge in [-0.3, -0.25) is 4.79 Å². The molecule has 2 bridgehead atoms. The first kappa shape index (κ1) is 23.0. The van der Waals surface area contributed by atoms with Crippen molar-refractivity contribution in [1.29, 1.82) is 5.26 Å². The summed E-state index contributed by atoms with van der Waals surface area (Å²) in [6.07, 6.45) is 4.29. The number of amides is 1. The molecular weight excluding hydrogens is 455 g/mol. The van der Waals surface area contributed by atoms with Crippen LogP contribution in [0.25, 0.3) is 11.1 Å². The van der Waals surface area contributed by atoms with Crippen LogP contribution in [0.5, 0.6) is 0 Å². The van der Waals surface area contributed by atoms with Crippen LogP contribution < -0.4 is 10.6 Å². The maximum Gasteiger partial charge on any atom is 0.243 e. The standard InChI is InChI=1S/C25H27FN4O3S/c1-30-14-19-10-16(6-9-23(19)34(30,32)33)17-2-3-18(22(26)12-17)11-21(13-27)29-25(31)24-15-4-7-20(28-24)8-5-15/h2-3,6,9-10,12,15,20-21,24,28H,4-5,7-8,11,14H2,1H3,(H,29,31)/t15?,20?,21-,24-/m0/s1. The third kappa shape index (κ3) is 4.11. The van der Waals surface area contributed by atoms with E-state index in [1.54, 1.807) is 30.3 Å². The summed E-state index contributed by atoms with van der Waals surface area (Å²) in [5.74, 6) is -0.356. The van der Waals surface area contributed by atoms with Gasteiger partial charge in [0.1, 0.15) is 11.9 Å². The molecule has 0 spiro atoms. The summed E-state index contributed by atoms with van der Waals surface area (Å²) < 4.78 is 40.8. The van der Waals surface area contributed by atoms with Gasteiger partial charge in [-0.1, -0.05) is 18.2 Å². The van der Waals surface area contributed by atoms with Crippen LogP contribution >= 0.6 is 0 Å². The Kier molecular flexibility index (Phi) is 5.92. The van der Waals surface area contributed by atoms with Gasteiger partial charge in [0.15, 0.2) is 0 Å². The van der Waals surface area contributed by atoms with E-state index in [4.69, 9.17) is 0 Å². The van der Waals surface area contributed by atoms with E-state index in [-0.39, 0.29) is 29.8 Å². The van der Waals surface area contributed by atoms with Crippen molar-refractivity contribution in [1.82, 2.24) is 14.9 Å². The largest absolute Gasteiger partial charge is 0.339 e. The molecule has 6 rings (SSSR count). The number of hydrogen-bond donors (Lipinski definition) is 2. The lowest BCUT2D eigenvalue weighted by Crippen LogP contribution is -2.59. The minimum absolute atomic E-state index is 0.0718. The summed E-state index contributed by atoms with van der Waals surface area (Å²) in [5, 5.41) is 15.7. The first-order chi connectivity index (χ1) is 16.3. The predicted molar refractivity (Wildman–Crippen MR) is 124 cm³/mol. The highest BCUT2D eigenvalue weighted by Gasteiger charge is 2.39. The zero-order valence-electron chi connectivity index (χ0n) is 18.9. The van der Waals surface area contributed by atoms with Crippen LogP contribution in [-0.2, 0) is 27.8 Å². The maximum atomic E-state index is 15.0. The molecule has 2 atom stereocenters. The number of nitrogens with one attached hydrogen (secondary N) is 2. The number of halogens is 1. The summed E-state index contributed by atoms with van der Waals surface area (Å²) in [5.41, 5.74) is 2.37. The number of nitriles is 1. The first-order valence-corrected chi connectivity index (χ1v) is 13.0. The van der Waals surface area contributed by atoms with Gasteiger partial charge in [0, 0.05) is 26.1 Å². The highest BCUT2D eigenvalue weighted by Crippen LogP contribution is 2.34. The number of carbonyl (C=O) groups excluding carboxylic acids is 1. The van der Waals surface area contributed by atoms with Crippen LogP contribution in [0.1, 0.15) is 36.8 Å². The summed E-state index contributed by atoms with van der Waals surface area (Å²) in [6, 6.07) is 11.1. The molecular formula is C25H27FN4O3S. The number of benzene rings is 2. The highest BCUT2D eigenvalue weighted by atomic mass is 32.2. The zero-order chi connectivity index (χ0) is 24.0. The van der Waals surface area contributed by atoms with Crippen molar-refractivity contribution in [3.05, 3.63) is 53.3 Å². The van der Waals surface area contributed by atoms with Crippen LogP contribution in [0, 0.1) is 23.1 Å². The van der Waals surface area contributed by atoms with Crippen LogP contribution in [0.3, 0.4) is 0 Å². The van der Waals surface area contributed by atoms with Gasteiger partial charge in [0.2, 0.25) is 15.9 Å². The maximum absolute atomic E-state index is 15.0. The first-order valence-electron chi connectivity index (χ1n) is 11.6. The molecule has 0 radical (unpaired) electrons. The van der Waals surface area contributed by atoms with E-state index in [1.165, 1.54) is 17.4 Å². The van der Waals surface area contributed by atoms with Gasteiger partial charge < -0.3 is 10.6 Å². The Morgan fingerprint density at radius 2 is 1.91 bits per heavy atom. The minimum atomic E-state index is -3.45. The van der Waals surface area contributed by atoms with Gasteiger partial charge in [-0.05, 0) is 72.1 Å². The number of hydrogen-bond acceptors (Lipinski definition) is 5. The summed E-state index contributed by atoms with van der Waals surface area (Å²) >= 11 is 0. The van der Waals surface area contributed by atoms with Gasteiger partial charge >= 0.3 is 0 Å². The Morgan fingerprint density at radius 3 is 2.56 bits per heavy atom. The molecule has 178 valence electrons. The molecule has 34 heavy (non-hydrogen) atoms. The van der Waals surface area contributed by atoms with Crippen molar-refractivity contribution in [2.24, 2.45) is 5.92 Å². The van der Waals surface area contributed by atoms with Crippen molar-refractivity contribution < 1.29 is 17.6 Å². The monoisotopic (exact) mass is 482 g/mol. The Morgan fingerprint density at radius 1 is 1.21 bits per heavy atom. The molecule has 3 aliphatic heterocycles. The second-order valence-electron chi connectivity index (χ2n) is 9.54. The van der Waals surface area contributed by atoms with Crippen LogP contribution in [-0.4, -0.2) is 43.8 Å². The Balaban J connectivity index is 1.29. The smallest absolute Gasteiger partial charge is 0.243 e. The van der Waals surface area contributed by atoms with E-state index in [2.05, 4.69) is 16.7 Å². The fraction of sp³-hybridized carbons (Fsp3) is 0.440. The number of piperidine rings is 2. The summed E-state index contributed by atoms with van der Waals surface area (Å²) in [7, 11) is -1.92. The van der Waals surface area contributed by atoms with Gasteiger partial charge in [-0.15, -0.1) is 0 Å². The quantitative estimate of drug-likeness (QED) is 0.682. The molecule has 1 aliphatic carbocycles. The molecule has 3 fully saturated rings. The highest BCUT2D eigenvalue weighted by molar-refractivity contribution is 7.89. The van der Waals surface area contributed by atoms with E-state index in [1.807, 2.05) is 0 Å². The van der Waals surface area contributed by atoms with Crippen molar-refractivity contribution in [3.8, 4) is 17.2 Å². The van der Waals surface area contributed by atoms with Crippen LogP contribution in [0.2, 0.25) is 0 Å². The number of rotatable bonds is 5. The van der Waals surface area contributed by atoms with E-state index in [0.29, 0.717) is 28.7 Å². The normalized spacial score (nSPS) is 26.0. The lowest BCUT2D eigenvalue weighted by atomic mass is 9.76. The fourth-order valence-electron chi connectivity index (χ4n) is 5.43. The number of fused-ring (bicyclic) bond motifs is 4. The Labute approximate surface area is 199 Å². The molecule has 4 aliphatic rings. The van der Waals surface area contributed by atoms with Crippen molar-refractivity contribution in [3.63, 3.8) is 0 Å². The van der Waals surface area contributed by atoms with Gasteiger partial charge in [0.25, 0.3) is 0 Å². The number of sulfonamides is 1. The third-order valence-corrected chi connectivity index (χ3v) is 9.27. The topological polar surface area (TPSA) is 102 Å². The van der Waals surface area contributed by atoms with Gasteiger partial charge in [-0.2, -0.15) is 9.57 Å². The van der Waals surface area contributed by atoms with Crippen LogP contribution in [0.15, 0.2) is 41.3 Å². The molecule has 2 aromatic carbocycles. The zero-order valence-corrected chi connectivity index (χ0v) is 19.7. The molecule has 1 amide bonds. The van der Waals surface area contributed by atoms with E-state index >= 15 is 0 Å². The number of carbonyl (C=O) groups is 1. The van der Waals surface area contributed by atoms with Crippen LogP contribution in [0.4, 0.5) is 4.39 Å². The molecule has 0 aromatic heterocycles. The van der Waals surface area contributed by atoms with E-state index in [9.17, 15) is 22.9 Å². The third-order valence-electron chi connectivity index (χ3n) is 7.37. The Bertz CT molecular complexity index is 1280. The second-order valence-corrected chi connectivity index (χ2v) is 11.6. The van der Waals surface area contributed by atoms with Gasteiger partial charge in [0.05, 0.1) is 17.0 Å². The van der Waals surface area contributed by atoms with E-state index < -0.39 is 21.9 Å². The fourth-order valence-corrected chi connectivity index (χ4v) is 6.77. The predicted octanol–water partition coefficient (Wildman–Crippen LogP) is 2.71. The average molecular weight is 483 g/mol. The Hall–Kier alpha value is -2.80.